The molecular weight excluding hydrogens is 242 g/mol. The Hall–Kier alpha value is -2.63. The normalized spacial score (nSPS) is 10.8. The zero-order chi connectivity index (χ0) is 13.4. The van der Waals surface area contributed by atoms with Crippen molar-refractivity contribution in [3.63, 3.8) is 0 Å². The zero-order valence-corrected chi connectivity index (χ0v) is 10.7. The largest absolute Gasteiger partial charge is 0.497 e. The summed E-state index contributed by atoms with van der Waals surface area (Å²) in [5, 5.41) is 8.30. The van der Waals surface area contributed by atoms with E-state index in [1.165, 1.54) is 0 Å². The van der Waals surface area contributed by atoms with E-state index in [-0.39, 0.29) is 0 Å². The maximum Gasteiger partial charge on any atom is 0.171 e. The fraction of sp³-hybridized carbons (Fsp3) is 0.154. The first kappa shape index (κ1) is 11.5. The van der Waals surface area contributed by atoms with Gasteiger partial charge >= 0.3 is 0 Å². The lowest BCUT2D eigenvalue weighted by atomic mass is 10.1. The van der Waals surface area contributed by atoms with Gasteiger partial charge in [0.05, 0.1) is 7.11 Å². The Kier molecular flexibility index (Phi) is 2.56. The SMILES string of the molecule is COc1ccc(-c2nnc3cc(C)ncn23)c(N)c1. The molecule has 0 saturated carbocycles. The molecule has 96 valence electrons. The molecule has 3 aromatic rings. The third-order valence-electron chi connectivity index (χ3n) is 2.94. The van der Waals surface area contributed by atoms with Gasteiger partial charge < -0.3 is 10.5 Å². The van der Waals surface area contributed by atoms with Gasteiger partial charge in [-0.2, -0.15) is 0 Å². The molecule has 2 heterocycles. The summed E-state index contributed by atoms with van der Waals surface area (Å²) in [5.41, 5.74) is 9.07. The topological polar surface area (TPSA) is 78.3 Å². The third-order valence-corrected chi connectivity index (χ3v) is 2.94. The highest BCUT2D eigenvalue weighted by molar-refractivity contribution is 5.74. The Morgan fingerprint density at radius 3 is 2.79 bits per heavy atom. The monoisotopic (exact) mass is 255 g/mol. The van der Waals surface area contributed by atoms with E-state index in [0.29, 0.717) is 17.3 Å². The van der Waals surface area contributed by atoms with Crippen LogP contribution in [0.25, 0.3) is 17.0 Å². The van der Waals surface area contributed by atoms with Crippen LogP contribution >= 0.6 is 0 Å². The minimum absolute atomic E-state index is 0.592. The van der Waals surface area contributed by atoms with E-state index in [1.54, 1.807) is 19.5 Å². The molecule has 0 radical (unpaired) electrons. The van der Waals surface area contributed by atoms with Crippen molar-refractivity contribution in [1.29, 1.82) is 0 Å². The quantitative estimate of drug-likeness (QED) is 0.705. The lowest BCUT2D eigenvalue weighted by Crippen LogP contribution is -1.97. The van der Waals surface area contributed by atoms with Gasteiger partial charge in [0, 0.05) is 29.1 Å². The molecule has 2 N–H and O–H groups in total. The van der Waals surface area contributed by atoms with Gasteiger partial charge in [-0.05, 0) is 19.1 Å². The minimum Gasteiger partial charge on any atom is -0.497 e. The molecule has 0 aliphatic heterocycles. The van der Waals surface area contributed by atoms with Crippen molar-refractivity contribution in [2.24, 2.45) is 0 Å². The van der Waals surface area contributed by atoms with Crippen molar-refractivity contribution in [2.45, 2.75) is 6.92 Å². The van der Waals surface area contributed by atoms with Crippen LogP contribution in [0.4, 0.5) is 5.69 Å². The standard InChI is InChI=1S/C13H13N5O/c1-8-5-12-16-17-13(18(12)7-15-8)10-4-3-9(19-2)6-11(10)14/h3-7H,14H2,1-2H3. The second kappa shape index (κ2) is 4.24. The number of benzene rings is 1. The number of rotatable bonds is 2. The average Bonchev–Trinajstić information content (AvgIpc) is 2.81. The molecule has 0 aliphatic rings. The van der Waals surface area contributed by atoms with Gasteiger partial charge in [0.1, 0.15) is 12.1 Å². The van der Waals surface area contributed by atoms with E-state index in [4.69, 9.17) is 10.5 Å². The van der Waals surface area contributed by atoms with Crippen LogP contribution in [0.15, 0.2) is 30.6 Å². The van der Waals surface area contributed by atoms with Crippen molar-refractivity contribution in [2.75, 3.05) is 12.8 Å². The Bertz CT molecular complexity index is 750. The Balaban J connectivity index is 2.19. The van der Waals surface area contributed by atoms with Crippen LogP contribution in [-0.2, 0) is 0 Å². The van der Waals surface area contributed by atoms with Crippen molar-refractivity contribution < 1.29 is 4.74 Å². The van der Waals surface area contributed by atoms with Crippen LogP contribution < -0.4 is 10.5 Å². The summed E-state index contributed by atoms with van der Waals surface area (Å²) >= 11 is 0. The lowest BCUT2D eigenvalue weighted by Gasteiger charge is -2.06. The molecule has 0 amide bonds. The van der Waals surface area contributed by atoms with Gasteiger partial charge in [-0.25, -0.2) is 4.98 Å². The van der Waals surface area contributed by atoms with Crippen LogP contribution in [0.3, 0.4) is 0 Å². The van der Waals surface area contributed by atoms with Gasteiger partial charge in [0.2, 0.25) is 0 Å². The maximum atomic E-state index is 6.03. The summed E-state index contributed by atoms with van der Waals surface area (Å²) in [7, 11) is 1.60. The highest BCUT2D eigenvalue weighted by Crippen LogP contribution is 2.28. The average molecular weight is 255 g/mol. The highest BCUT2D eigenvalue weighted by atomic mass is 16.5. The first-order chi connectivity index (χ1) is 9.19. The molecule has 3 rings (SSSR count). The molecule has 0 bridgehead atoms. The molecule has 0 unspecified atom stereocenters. The van der Waals surface area contributed by atoms with Gasteiger partial charge in [0.25, 0.3) is 0 Å². The zero-order valence-electron chi connectivity index (χ0n) is 10.7. The fourth-order valence-electron chi connectivity index (χ4n) is 1.94. The number of nitrogens with zero attached hydrogens (tertiary/aromatic N) is 4. The summed E-state index contributed by atoms with van der Waals surface area (Å²) in [6.45, 7) is 1.91. The maximum absolute atomic E-state index is 6.03. The molecule has 0 atom stereocenters. The Labute approximate surface area is 109 Å². The first-order valence-corrected chi connectivity index (χ1v) is 5.80. The van der Waals surface area contributed by atoms with E-state index in [1.807, 2.05) is 29.5 Å². The number of methoxy groups -OCH3 is 1. The van der Waals surface area contributed by atoms with Gasteiger partial charge in [-0.3, -0.25) is 4.40 Å². The smallest absolute Gasteiger partial charge is 0.171 e. The number of aromatic nitrogens is 4. The number of anilines is 1. The molecule has 6 nitrogen and oxygen atoms in total. The van der Waals surface area contributed by atoms with Gasteiger partial charge in [-0.15, -0.1) is 10.2 Å². The van der Waals surface area contributed by atoms with Crippen molar-refractivity contribution in [3.05, 3.63) is 36.3 Å². The number of nitrogens with two attached hydrogens (primary N) is 1. The van der Waals surface area contributed by atoms with Crippen LogP contribution in [0.5, 0.6) is 5.75 Å². The Morgan fingerprint density at radius 1 is 1.21 bits per heavy atom. The number of hydrogen-bond donors (Lipinski definition) is 1. The number of fused-ring (bicyclic) bond motifs is 1. The second-order valence-electron chi connectivity index (χ2n) is 4.24. The van der Waals surface area contributed by atoms with E-state index in [2.05, 4.69) is 15.2 Å². The summed E-state index contributed by atoms with van der Waals surface area (Å²) in [6.07, 6.45) is 1.70. The molecule has 0 fully saturated rings. The summed E-state index contributed by atoms with van der Waals surface area (Å²) < 4.78 is 6.95. The molecule has 2 aromatic heterocycles. The van der Waals surface area contributed by atoms with Crippen LogP contribution in [0.2, 0.25) is 0 Å². The molecule has 1 aromatic carbocycles. The summed E-state index contributed by atoms with van der Waals surface area (Å²) in [5.74, 6) is 1.38. The molecule has 19 heavy (non-hydrogen) atoms. The predicted molar refractivity (Wildman–Crippen MR) is 71.9 cm³/mol. The number of nitrogen functional groups attached to an aromatic ring is 1. The molecule has 0 spiro atoms. The van der Waals surface area contributed by atoms with Crippen molar-refractivity contribution in [3.8, 4) is 17.1 Å². The number of aryl methyl sites for hydroxylation is 1. The van der Waals surface area contributed by atoms with Crippen LogP contribution in [0, 0.1) is 6.92 Å². The third kappa shape index (κ3) is 1.87. The van der Waals surface area contributed by atoms with E-state index >= 15 is 0 Å². The van der Waals surface area contributed by atoms with Crippen LogP contribution in [0.1, 0.15) is 5.69 Å². The molecular formula is C13H13N5O. The van der Waals surface area contributed by atoms with Gasteiger partial charge in [0.15, 0.2) is 11.5 Å². The van der Waals surface area contributed by atoms with Crippen molar-refractivity contribution >= 4 is 11.3 Å². The van der Waals surface area contributed by atoms with Gasteiger partial charge in [-0.1, -0.05) is 0 Å². The second-order valence-corrected chi connectivity index (χ2v) is 4.24. The minimum atomic E-state index is 0.592. The van der Waals surface area contributed by atoms with Crippen molar-refractivity contribution in [1.82, 2.24) is 19.6 Å². The predicted octanol–water partition coefficient (Wildman–Crippen LogP) is 1.69. The molecule has 0 aliphatic carbocycles. The van der Waals surface area contributed by atoms with Crippen LogP contribution in [-0.4, -0.2) is 26.7 Å². The van der Waals surface area contributed by atoms with E-state index in [9.17, 15) is 0 Å². The fourth-order valence-corrected chi connectivity index (χ4v) is 1.94. The van der Waals surface area contributed by atoms with E-state index < -0.39 is 0 Å². The number of ether oxygens (including phenoxy) is 1. The van der Waals surface area contributed by atoms with E-state index in [0.717, 1.165) is 16.9 Å². The Morgan fingerprint density at radius 2 is 2.05 bits per heavy atom. The molecule has 6 heteroatoms. The highest BCUT2D eigenvalue weighted by Gasteiger charge is 2.12. The molecule has 0 saturated heterocycles. The lowest BCUT2D eigenvalue weighted by molar-refractivity contribution is 0.415. The summed E-state index contributed by atoms with van der Waals surface area (Å²) in [6, 6.07) is 7.34. The first-order valence-electron chi connectivity index (χ1n) is 5.80. The summed E-state index contributed by atoms with van der Waals surface area (Å²) in [4.78, 5) is 4.25. The number of hydrogen-bond acceptors (Lipinski definition) is 5.